The molecular formula is C16H30. The van der Waals surface area contributed by atoms with E-state index in [1.807, 2.05) is 0 Å². The first-order chi connectivity index (χ1) is 7.33. The Morgan fingerprint density at radius 3 is 2.06 bits per heavy atom. The first-order valence-electron chi connectivity index (χ1n) is 7.33. The molecule has 2 rings (SSSR count). The molecule has 4 unspecified atom stereocenters. The Morgan fingerprint density at radius 2 is 1.56 bits per heavy atom. The Kier molecular flexibility index (Phi) is 3.14. The Hall–Kier alpha value is 0. The molecule has 94 valence electrons. The van der Waals surface area contributed by atoms with Crippen molar-refractivity contribution in [2.45, 2.75) is 73.1 Å². The van der Waals surface area contributed by atoms with Crippen molar-refractivity contribution in [3.8, 4) is 0 Å². The number of hydrogen-bond acceptors (Lipinski definition) is 0. The normalized spacial score (nSPS) is 48.2. The molecule has 0 aromatic heterocycles. The Balaban J connectivity index is 2.15. The molecule has 1 spiro atoms. The van der Waals surface area contributed by atoms with E-state index < -0.39 is 0 Å². The summed E-state index contributed by atoms with van der Waals surface area (Å²) >= 11 is 0. The van der Waals surface area contributed by atoms with Crippen LogP contribution in [-0.4, -0.2) is 0 Å². The van der Waals surface area contributed by atoms with Crippen LogP contribution < -0.4 is 0 Å². The quantitative estimate of drug-likeness (QED) is 0.523. The minimum atomic E-state index is 0.578. The van der Waals surface area contributed by atoms with Crippen LogP contribution in [0.2, 0.25) is 0 Å². The van der Waals surface area contributed by atoms with Gasteiger partial charge in [0, 0.05) is 0 Å². The van der Waals surface area contributed by atoms with Crippen LogP contribution in [0.4, 0.5) is 0 Å². The molecule has 0 aromatic rings. The van der Waals surface area contributed by atoms with Gasteiger partial charge in [0.05, 0.1) is 0 Å². The molecule has 0 aromatic carbocycles. The third-order valence-electron chi connectivity index (χ3n) is 5.41. The minimum absolute atomic E-state index is 0.578. The molecule has 2 saturated carbocycles. The summed E-state index contributed by atoms with van der Waals surface area (Å²) < 4.78 is 0. The van der Waals surface area contributed by atoms with Gasteiger partial charge in [0.25, 0.3) is 0 Å². The fourth-order valence-electron chi connectivity index (χ4n) is 5.00. The summed E-state index contributed by atoms with van der Waals surface area (Å²) in [5.41, 5.74) is 1.30. The maximum Gasteiger partial charge on any atom is -0.0264 e. The van der Waals surface area contributed by atoms with E-state index >= 15 is 0 Å². The summed E-state index contributed by atoms with van der Waals surface area (Å²) in [6, 6.07) is 0. The first kappa shape index (κ1) is 12.5. The molecule has 0 radical (unpaired) electrons. The van der Waals surface area contributed by atoms with Gasteiger partial charge in [0.2, 0.25) is 0 Å². The molecule has 0 N–H and O–H groups in total. The minimum Gasteiger partial charge on any atom is -0.0625 e. The van der Waals surface area contributed by atoms with Crippen molar-refractivity contribution in [2.75, 3.05) is 0 Å². The van der Waals surface area contributed by atoms with Crippen LogP contribution in [0.25, 0.3) is 0 Å². The van der Waals surface area contributed by atoms with Gasteiger partial charge in [-0.1, -0.05) is 34.6 Å². The van der Waals surface area contributed by atoms with Crippen LogP contribution in [-0.2, 0) is 0 Å². The van der Waals surface area contributed by atoms with E-state index in [9.17, 15) is 0 Å². The van der Waals surface area contributed by atoms with E-state index in [1.165, 1.54) is 38.5 Å². The molecule has 4 atom stereocenters. The number of rotatable bonds is 0. The topological polar surface area (TPSA) is 0 Å². The van der Waals surface area contributed by atoms with Crippen molar-refractivity contribution in [1.82, 2.24) is 0 Å². The summed E-state index contributed by atoms with van der Waals surface area (Å²) in [5, 5.41) is 0. The van der Waals surface area contributed by atoms with E-state index in [1.54, 1.807) is 0 Å². The lowest BCUT2D eigenvalue weighted by Gasteiger charge is -2.55. The first-order valence-corrected chi connectivity index (χ1v) is 7.33. The zero-order valence-corrected chi connectivity index (χ0v) is 12.0. The lowest BCUT2D eigenvalue weighted by Crippen LogP contribution is -2.44. The van der Waals surface area contributed by atoms with Gasteiger partial charge >= 0.3 is 0 Å². The van der Waals surface area contributed by atoms with Crippen LogP contribution in [0.5, 0.6) is 0 Å². The molecule has 0 heteroatoms. The maximum atomic E-state index is 2.51. The van der Waals surface area contributed by atoms with Crippen LogP contribution in [0, 0.1) is 28.6 Å². The van der Waals surface area contributed by atoms with Crippen LogP contribution in [0.3, 0.4) is 0 Å². The molecule has 0 amide bonds. The molecular weight excluding hydrogens is 192 g/mol. The average molecular weight is 222 g/mol. The van der Waals surface area contributed by atoms with E-state index in [2.05, 4.69) is 34.6 Å². The SMILES string of the molecule is CC1CC(C)CC2(CCC2C)CC(C)(C)C1. The predicted molar refractivity (Wildman–Crippen MR) is 71.4 cm³/mol. The predicted octanol–water partition coefficient (Wildman–Crippen LogP) is 5.28. The highest BCUT2D eigenvalue weighted by Crippen LogP contribution is 2.59. The second-order valence-electron chi connectivity index (χ2n) is 8.00. The van der Waals surface area contributed by atoms with Crippen molar-refractivity contribution in [1.29, 1.82) is 0 Å². The van der Waals surface area contributed by atoms with Gasteiger partial charge in [-0.15, -0.1) is 0 Å². The molecule has 0 saturated heterocycles. The molecule has 0 heterocycles. The molecule has 2 fully saturated rings. The smallest absolute Gasteiger partial charge is 0.0264 e. The molecule has 2 aliphatic rings. The molecule has 0 aliphatic heterocycles. The summed E-state index contributed by atoms with van der Waals surface area (Å²) in [7, 11) is 0. The third-order valence-corrected chi connectivity index (χ3v) is 5.41. The molecule has 0 bridgehead atoms. The van der Waals surface area contributed by atoms with Crippen molar-refractivity contribution < 1.29 is 0 Å². The highest BCUT2D eigenvalue weighted by atomic mass is 14.5. The highest BCUT2D eigenvalue weighted by Gasteiger charge is 2.48. The summed E-state index contributed by atoms with van der Waals surface area (Å²) in [6.45, 7) is 12.5. The van der Waals surface area contributed by atoms with Gasteiger partial charge in [-0.3, -0.25) is 0 Å². The Bertz CT molecular complexity index is 253. The van der Waals surface area contributed by atoms with Gasteiger partial charge in [0.1, 0.15) is 0 Å². The Morgan fingerprint density at radius 1 is 0.938 bits per heavy atom. The lowest BCUT2D eigenvalue weighted by molar-refractivity contribution is -0.0440. The van der Waals surface area contributed by atoms with E-state index in [4.69, 9.17) is 0 Å². The van der Waals surface area contributed by atoms with Crippen LogP contribution in [0.15, 0.2) is 0 Å². The standard InChI is InChI=1S/C16H30/c1-12-8-13(2)10-16(7-6-14(16)3)11-15(4,5)9-12/h12-14H,6-11H2,1-5H3. The van der Waals surface area contributed by atoms with Gasteiger partial charge < -0.3 is 0 Å². The maximum absolute atomic E-state index is 2.51. The number of hydrogen-bond donors (Lipinski definition) is 0. The second-order valence-corrected chi connectivity index (χ2v) is 8.00. The van der Waals surface area contributed by atoms with Crippen molar-refractivity contribution in [3.63, 3.8) is 0 Å². The summed E-state index contributed by atoms with van der Waals surface area (Å²) in [4.78, 5) is 0. The van der Waals surface area contributed by atoms with Crippen molar-refractivity contribution in [3.05, 3.63) is 0 Å². The van der Waals surface area contributed by atoms with Crippen LogP contribution >= 0.6 is 0 Å². The highest BCUT2D eigenvalue weighted by molar-refractivity contribution is 4.98. The Labute approximate surface area is 102 Å². The summed E-state index contributed by atoms with van der Waals surface area (Å²) in [5.74, 6) is 2.87. The third kappa shape index (κ3) is 2.31. The molecule has 16 heavy (non-hydrogen) atoms. The fraction of sp³-hybridized carbons (Fsp3) is 1.00. The van der Waals surface area contributed by atoms with Gasteiger partial charge in [0.15, 0.2) is 0 Å². The largest absolute Gasteiger partial charge is 0.0625 e. The van der Waals surface area contributed by atoms with Gasteiger partial charge in [-0.05, 0) is 67.1 Å². The lowest BCUT2D eigenvalue weighted by atomic mass is 9.50. The van der Waals surface area contributed by atoms with E-state index in [0.29, 0.717) is 5.41 Å². The fourth-order valence-corrected chi connectivity index (χ4v) is 5.00. The monoisotopic (exact) mass is 222 g/mol. The average Bonchev–Trinajstić information content (AvgIpc) is 2.10. The zero-order valence-electron chi connectivity index (χ0n) is 12.0. The van der Waals surface area contributed by atoms with Crippen molar-refractivity contribution >= 4 is 0 Å². The molecule has 0 nitrogen and oxygen atoms in total. The second kappa shape index (κ2) is 4.03. The zero-order chi connectivity index (χ0) is 12.0. The molecule has 2 aliphatic carbocycles. The van der Waals surface area contributed by atoms with Gasteiger partial charge in [-0.2, -0.15) is 0 Å². The van der Waals surface area contributed by atoms with Crippen LogP contribution in [0.1, 0.15) is 73.1 Å². The van der Waals surface area contributed by atoms with E-state index in [-0.39, 0.29) is 0 Å². The van der Waals surface area contributed by atoms with E-state index in [0.717, 1.165) is 23.2 Å². The van der Waals surface area contributed by atoms with Crippen molar-refractivity contribution in [2.24, 2.45) is 28.6 Å². The van der Waals surface area contributed by atoms with Gasteiger partial charge in [-0.25, -0.2) is 0 Å². The summed E-state index contributed by atoms with van der Waals surface area (Å²) in [6.07, 6.45) is 8.87.